The smallest absolute Gasteiger partial charge is 0.462 e. The summed E-state index contributed by atoms with van der Waals surface area (Å²) in [4.78, 5) is 34.9. The van der Waals surface area contributed by atoms with Crippen LogP contribution in [-0.2, 0) is 32.7 Å². The van der Waals surface area contributed by atoms with Crippen LogP contribution in [0.15, 0.2) is 0 Å². The molecule has 0 aromatic carbocycles. The summed E-state index contributed by atoms with van der Waals surface area (Å²) in [5, 5.41) is 0. The van der Waals surface area contributed by atoms with E-state index < -0.39 is 19.9 Å². The SMILES string of the molecule is CCCCCCCCCCCCCCCCCCCCC(=O)OCC(COP(=O)(O)OCC)OC(=O)CCCCCCCCCCCCCCCCCCCC. The molecule has 2 unspecified atom stereocenters. The minimum Gasteiger partial charge on any atom is -0.462 e. The van der Waals surface area contributed by atoms with Crippen molar-refractivity contribution in [2.75, 3.05) is 19.8 Å². The van der Waals surface area contributed by atoms with E-state index in [4.69, 9.17) is 18.5 Å². The summed E-state index contributed by atoms with van der Waals surface area (Å²) in [7, 11) is -4.28. The highest BCUT2D eigenvalue weighted by Crippen LogP contribution is 2.43. The first-order valence-electron chi connectivity index (χ1n) is 24.3. The number of rotatable bonds is 46. The first-order valence-corrected chi connectivity index (χ1v) is 25.8. The summed E-state index contributed by atoms with van der Waals surface area (Å²) in [6.45, 7) is 5.54. The minimum absolute atomic E-state index is 0.00593. The van der Waals surface area contributed by atoms with Crippen molar-refractivity contribution in [2.24, 2.45) is 0 Å². The first kappa shape index (κ1) is 55.0. The van der Waals surface area contributed by atoms with E-state index in [1.54, 1.807) is 6.92 Å². The summed E-state index contributed by atoms with van der Waals surface area (Å²) < 4.78 is 32.8. The average molecular weight is 817 g/mol. The van der Waals surface area contributed by atoms with E-state index >= 15 is 0 Å². The molecule has 0 fully saturated rings. The monoisotopic (exact) mass is 817 g/mol. The Morgan fingerprint density at radius 2 is 0.696 bits per heavy atom. The van der Waals surface area contributed by atoms with Crippen LogP contribution in [0.3, 0.4) is 0 Å². The van der Waals surface area contributed by atoms with Gasteiger partial charge in [0, 0.05) is 12.8 Å². The maximum absolute atomic E-state index is 12.6. The molecule has 0 spiro atoms. The fraction of sp³-hybridized carbons (Fsp3) is 0.957. The van der Waals surface area contributed by atoms with Gasteiger partial charge in [0.1, 0.15) is 6.61 Å². The van der Waals surface area contributed by atoms with Gasteiger partial charge in [-0.3, -0.25) is 18.6 Å². The summed E-state index contributed by atoms with van der Waals surface area (Å²) in [5.41, 5.74) is 0. The largest absolute Gasteiger partial charge is 0.472 e. The van der Waals surface area contributed by atoms with Crippen molar-refractivity contribution in [1.29, 1.82) is 0 Å². The number of hydrogen-bond donors (Lipinski definition) is 1. The van der Waals surface area contributed by atoms with Gasteiger partial charge in [0.05, 0.1) is 13.2 Å². The zero-order valence-corrected chi connectivity index (χ0v) is 38.2. The third-order valence-electron chi connectivity index (χ3n) is 10.9. The van der Waals surface area contributed by atoms with Crippen molar-refractivity contribution in [3.63, 3.8) is 0 Å². The van der Waals surface area contributed by atoms with E-state index in [-0.39, 0.29) is 32.2 Å². The van der Waals surface area contributed by atoms with Gasteiger partial charge >= 0.3 is 19.8 Å². The Kier molecular flexibility index (Phi) is 42.9. The van der Waals surface area contributed by atoms with Gasteiger partial charge in [-0.1, -0.05) is 232 Å². The molecule has 0 heterocycles. The Bertz CT molecular complexity index is 884. The molecule has 0 aromatic rings. The second-order valence-corrected chi connectivity index (χ2v) is 18.0. The molecule has 0 aromatic heterocycles. The molecule has 2 atom stereocenters. The van der Waals surface area contributed by atoms with Crippen LogP contribution in [0, 0.1) is 0 Å². The summed E-state index contributed by atoms with van der Waals surface area (Å²) in [6.07, 6.45) is 45.9. The predicted octanol–water partition coefficient (Wildman–Crippen LogP) is 15.5. The van der Waals surface area contributed by atoms with Gasteiger partial charge in [-0.05, 0) is 19.8 Å². The quantitative estimate of drug-likeness (QED) is 0.0368. The topological polar surface area (TPSA) is 108 Å². The molecule has 0 radical (unpaired) electrons. The van der Waals surface area contributed by atoms with Gasteiger partial charge in [-0.25, -0.2) is 4.57 Å². The van der Waals surface area contributed by atoms with Crippen LogP contribution < -0.4 is 0 Å². The number of carbonyl (C=O) groups excluding carboxylic acids is 2. The van der Waals surface area contributed by atoms with Crippen molar-refractivity contribution < 1.29 is 37.6 Å². The average Bonchev–Trinajstić information content (AvgIpc) is 3.18. The third kappa shape index (κ3) is 42.7. The highest BCUT2D eigenvalue weighted by atomic mass is 31.2. The zero-order chi connectivity index (χ0) is 41.1. The Morgan fingerprint density at radius 3 is 1.00 bits per heavy atom. The summed E-state index contributed by atoms with van der Waals surface area (Å²) in [5.74, 6) is -0.776. The number of esters is 2. The second-order valence-electron chi connectivity index (χ2n) is 16.5. The first-order chi connectivity index (χ1) is 27.3. The van der Waals surface area contributed by atoms with Crippen LogP contribution in [0.1, 0.15) is 265 Å². The molecule has 0 aliphatic carbocycles. The van der Waals surface area contributed by atoms with Gasteiger partial charge < -0.3 is 14.4 Å². The Labute approximate surface area is 347 Å². The Balaban J connectivity index is 3.96. The molecule has 0 amide bonds. The summed E-state index contributed by atoms with van der Waals surface area (Å²) >= 11 is 0. The number of carbonyl (C=O) groups is 2. The molecule has 334 valence electrons. The summed E-state index contributed by atoms with van der Waals surface area (Å²) in [6, 6.07) is 0. The van der Waals surface area contributed by atoms with Crippen molar-refractivity contribution in [1.82, 2.24) is 0 Å². The third-order valence-corrected chi connectivity index (χ3v) is 12.0. The second kappa shape index (κ2) is 43.6. The van der Waals surface area contributed by atoms with Crippen molar-refractivity contribution in [3.05, 3.63) is 0 Å². The lowest BCUT2D eigenvalue weighted by Gasteiger charge is -2.19. The van der Waals surface area contributed by atoms with Crippen LogP contribution in [0.2, 0.25) is 0 Å². The lowest BCUT2D eigenvalue weighted by atomic mass is 10.0. The molecule has 8 nitrogen and oxygen atoms in total. The Hall–Kier alpha value is -0.950. The maximum Gasteiger partial charge on any atom is 0.472 e. The number of hydrogen-bond acceptors (Lipinski definition) is 7. The maximum atomic E-state index is 12.6. The molecule has 56 heavy (non-hydrogen) atoms. The van der Waals surface area contributed by atoms with Crippen LogP contribution in [0.5, 0.6) is 0 Å². The standard InChI is InChI=1S/C47H93O8P/c1-4-7-9-11-13-15-17-19-21-23-25-27-29-31-33-35-37-39-41-46(48)52-43-45(44-54-56(50,51)53-6-3)55-47(49)42-40-38-36-34-32-30-28-26-24-22-20-18-16-14-12-10-8-5-2/h45H,4-44H2,1-3H3,(H,50,51). The number of ether oxygens (including phenoxy) is 2. The van der Waals surface area contributed by atoms with Crippen molar-refractivity contribution in [2.45, 2.75) is 271 Å². The molecule has 9 heteroatoms. The molecule has 0 bridgehead atoms. The predicted molar refractivity (Wildman–Crippen MR) is 235 cm³/mol. The number of phosphoric acid groups is 1. The van der Waals surface area contributed by atoms with Crippen molar-refractivity contribution in [3.8, 4) is 0 Å². The van der Waals surface area contributed by atoms with Crippen LogP contribution in [-0.4, -0.2) is 42.8 Å². The van der Waals surface area contributed by atoms with Gasteiger partial charge in [0.15, 0.2) is 6.10 Å². The fourth-order valence-electron chi connectivity index (χ4n) is 7.34. The molecule has 1 N–H and O–H groups in total. The molecule has 0 aliphatic heterocycles. The van der Waals surface area contributed by atoms with Crippen LogP contribution >= 0.6 is 7.82 Å². The molecular formula is C47H93O8P. The highest BCUT2D eigenvalue weighted by molar-refractivity contribution is 7.47. The number of phosphoric ester groups is 1. The van der Waals surface area contributed by atoms with Gasteiger partial charge in [-0.15, -0.1) is 0 Å². The van der Waals surface area contributed by atoms with Gasteiger partial charge in [-0.2, -0.15) is 0 Å². The highest BCUT2D eigenvalue weighted by Gasteiger charge is 2.25. The minimum atomic E-state index is -4.28. The lowest BCUT2D eigenvalue weighted by molar-refractivity contribution is -0.161. The lowest BCUT2D eigenvalue weighted by Crippen LogP contribution is -2.29. The van der Waals surface area contributed by atoms with E-state index in [9.17, 15) is 19.0 Å². The molecule has 0 saturated heterocycles. The molecular weight excluding hydrogens is 723 g/mol. The zero-order valence-electron chi connectivity index (χ0n) is 37.3. The van der Waals surface area contributed by atoms with Gasteiger partial charge in [0.25, 0.3) is 0 Å². The van der Waals surface area contributed by atoms with E-state index in [0.29, 0.717) is 6.42 Å². The van der Waals surface area contributed by atoms with E-state index in [1.165, 1.54) is 193 Å². The Morgan fingerprint density at radius 1 is 0.411 bits per heavy atom. The van der Waals surface area contributed by atoms with Gasteiger partial charge in [0.2, 0.25) is 0 Å². The van der Waals surface area contributed by atoms with Crippen LogP contribution in [0.4, 0.5) is 0 Å². The molecule has 0 saturated carbocycles. The fourth-order valence-corrected chi connectivity index (χ4v) is 8.09. The van der Waals surface area contributed by atoms with E-state index in [1.807, 2.05) is 0 Å². The van der Waals surface area contributed by atoms with E-state index in [2.05, 4.69) is 13.8 Å². The van der Waals surface area contributed by atoms with Crippen molar-refractivity contribution >= 4 is 19.8 Å². The van der Waals surface area contributed by atoms with Crippen LogP contribution in [0.25, 0.3) is 0 Å². The molecule has 0 aliphatic rings. The number of unbranched alkanes of at least 4 members (excludes halogenated alkanes) is 34. The normalized spacial score (nSPS) is 13.1. The molecule has 0 rings (SSSR count). The van der Waals surface area contributed by atoms with E-state index in [0.717, 1.165) is 38.5 Å².